The highest BCUT2D eigenvalue weighted by molar-refractivity contribution is 5.12. The van der Waals surface area contributed by atoms with Gasteiger partial charge in [0.15, 0.2) is 0 Å². The molecule has 1 atom stereocenters. The Morgan fingerprint density at radius 2 is 1.85 bits per heavy atom. The maximum atomic E-state index is 12.3. The van der Waals surface area contributed by atoms with Crippen molar-refractivity contribution in [2.75, 3.05) is 0 Å². The molecule has 0 aromatic rings. The van der Waals surface area contributed by atoms with Crippen molar-refractivity contribution >= 4 is 0 Å². The molecule has 0 saturated heterocycles. The maximum Gasteiger partial charge on any atom is 0.398 e. The molecule has 1 aliphatic rings. The van der Waals surface area contributed by atoms with Gasteiger partial charge in [0.2, 0.25) is 0 Å². The summed E-state index contributed by atoms with van der Waals surface area (Å²) in [5, 5.41) is 0. The molecule has 0 aromatic carbocycles. The van der Waals surface area contributed by atoms with Gasteiger partial charge in [0.05, 0.1) is 5.92 Å². The van der Waals surface area contributed by atoms with Crippen molar-refractivity contribution < 1.29 is 13.2 Å². The lowest BCUT2D eigenvalue weighted by Gasteiger charge is -2.16. The van der Waals surface area contributed by atoms with Gasteiger partial charge in [-0.05, 0) is 11.8 Å². The Bertz CT molecular complexity index is 233. The fourth-order valence-corrected chi connectivity index (χ4v) is 1.23. The van der Waals surface area contributed by atoms with Gasteiger partial charge in [-0.1, -0.05) is 38.2 Å². The van der Waals surface area contributed by atoms with Crippen LogP contribution >= 0.6 is 0 Å². The Labute approximate surface area is 76.1 Å². The van der Waals surface area contributed by atoms with E-state index in [1.807, 2.05) is 13.8 Å². The zero-order valence-corrected chi connectivity index (χ0v) is 7.73. The van der Waals surface area contributed by atoms with Gasteiger partial charge in [-0.3, -0.25) is 0 Å². The largest absolute Gasteiger partial charge is 0.398 e. The monoisotopic (exact) mass is 190 g/mol. The van der Waals surface area contributed by atoms with E-state index in [4.69, 9.17) is 0 Å². The molecule has 0 saturated carbocycles. The molecule has 0 nitrogen and oxygen atoms in total. The predicted octanol–water partition coefficient (Wildman–Crippen LogP) is 3.71. The van der Waals surface area contributed by atoms with Gasteiger partial charge in [-0.25, -0.2) is 0 Å². The van der Waals surface area contributed by atoms with Gasteiger partial charge in [0.1, 0.15) is 0 Å². The quantitative estimate of drug-likeness (QED) is 0.511. The minimum absolute atomic E-state index is 0.156. The number of hydrogen-bond donors (Lipinski definition) is 0. The normalized spacial score (nSPS) is 27.3. The van der Waals surface area contributed by atoms with Crippen molar-refractivity contribution in [2.45, 2.75) is 26.4 Å². The van der Waals surface area contributed by atoms with E-state index in [1.165, 1.54) is 12.2 Å². The van der Waals surface area contributed by atoms with Crippen LogP contribution in [0.2, 0.25) is 0 Å². The first-order valence-electron chi connectivity index (χ1n) is 4.24. The van der Waals surface area contributed by atoms with Crippen LogP contribution in [0.3, 0.4) is 0 Å². The summed E-state index contributed by atoms with van der Waals surface area (Å²) in [5.41, 5.74) is -0.156. The fraction of sp³-hybridized carbons (Fsp3) is 0.600. The van der Waals surface area contributed by atoms with E-state index >= 15 is 0 Å². The highest BCUT2D eigenvalue weighted by atomic mass is 19.4. The second-order valence-electron chi connectivity index (χ2n) is 4.05. The lowest BCUT2D eigenvalue weighted by atomic mass is 9.90. The predicted molar refractivity (Wildman–Crippen MR) is 46.2 cm³/mol. The van der Waals surface area contributed by atoms with E-state index in [9.17, 15) is 13.2 Å². The molecule has 74 valence electrons. The summed E-state index contributed by atoms with van der Waals surface area (Å²) in [6, 6.07) is 0. The molecule has 0 amide bonds. The summed E-state index contributed by atoms with van der Waals surface area (Å²) in [6.45, 7) is 3.85. The maximum absolute atomic E-state index is 12.3. The molecule has 0 N–H and O–H groups in total. The number of alkyl halides is 3. The van der Waals surface area contributed by atoms with E-state index < -0.39 is 12.1 Å². The van der Waals surface area contributed by atoms with E-state index in [2.05, 4.69) is 0 Å². The summed E-state index contributed by atoms with van der Waals surface area (Å²) >= 11 is 0. The lowest BCUT2D eigenvalue weighted by Crippen LogP contribution is -2.18. The third-order valence-electron chi connectivity index (χ3n) is 2.12. The smallest absolute Gasteiger partial charge is 0.170 e. The molecule has 0 heterocycles. The Hall–Kier alpha value is -0.730. The molecule has 0 spiro atoms. The Morgan fingerprint density at radius 1 is 1.23 bits per heavy atom. The van der Waals surface area contributed by atoms with Crippen LogP contribution in [0.15, 0.2) is 24.3 Å². The van der Waals surface area contributed by atoms with Crippen LogP contribution in [0.25, 0.3) is 0 Å². The van der Waals surface area contributed by atoms with Gasteiger partial charge in [0.25, 0.3) is 0 Å². The summed E-state index contributed by atoms with van der Waals surface area (Å²) in [4.78, 5) is 0. The first-order valence-corrected chi connectivity index (χ1v) is 4.24. The molecule has 0 radical (unpaired) electrons. The average molecular weight is 190 g/mol. The average Bonchev–Trinajstić information content (AvgIpc) is 2.08. The number of rotatable bonds is 0. The third kappa shape index (κ3) is 2.90. The first kappa shape index (κ1) is 10.4. The van der Waals surface area contributed by atoms with Crippen molar-refractivity contribution in [3.05, 3.63) is 24.3 Å². The molecule has 1 unspecified atom stereocenters. The number of halogens is 3. The van der Waals surface area contributed by atoms with Gasteiger partial charge < -0.3 is 0 Å². The number of hydrogen-bond acceptors (Lipinski definition) is 0. The van der Waals surface area contributed by atoms with Crippen LogP contribution in [-0.2, 0) is 0 Å². The minimum Gasteiger partial charge on any atom is -0.170 e. The molecule has 3 heteroatoms. The molecule has 0 fully saturated rings. The summed E-state index contributed by atoms with van der Waals surface area (Å²) in [5.74, 6) is -1.41. The van der Waals surface area contributed by atoms with Crippen molar-refractivity contribution in [1.82, 2.24) is 0 Å². The molecule has 1 aliphatic carbocycles. The molecule has 0 aliphatic heterocycles. The van der Waals surface area contributed by atoms with Crippen LogP contribution in [0, 0.1) is 11.3 Å². The van der Waals surface area contributed by atoms with Crippen molar-refractivity contribution in [3.63, 3.8) is 0 Å². The molecule has 13 heavy (non-hydrogen) atoms. The van der Waals surface area contributed by atoms with Gasteiger partial charge in [-0.15, -0.1) is 0 Å². The second-order valence-corrected chi connectivity index (χ2v) is 4.05. The highest BCUT2D eigenvalue weighted by Crippen LogP contribution is 2.34. The Morgan fingerprint density at radius 3 is 2.38 bits per heavy atom. The Kier molecular flexibility index (Phi) is 2.55. The van der Waals surface area contributed by atoms with Crippen LogP contribution in [-0.4, -0.2) is 6.18 Å². The molecular weight excluding hydrogens is 177 g/mol. The summed E-state index contributed by atoms with van der Waals surface area (Å²) in [6.07, 6.45) is 2.24. The van der Waals surface area contributed by atoms with E-state index in [0.29, 0.717) is 6.42 Å². The lowest BCUT2D eigenvalue weighted by molar-refractivity contribution is -0.148. The van der Waals surface area contributed by atoms with Gasteiger partial charge in [0, 0.05) is 0 Å². The van der Waals surface area contributed by atoms with Gasteiger partial charge in [-0.2, -0.15) is 13.2 Å². The van der Waals surface area contributed by atoms with E-state index in [1.54, 1.807) is 12.2 Å². The number of allylic oxidation sites excluding steroid dienone is 4. The van der Waals surface area contributed by atoms with Crippen molar-refractivity contribution in [2.24, 2.45) is 11.3 Å². The zero-order valence-electron chi connectivity index (χ0n) is 7.73. The Balaban J connectivity index is 2.83. The third-order valence-corrected chi connectivity index (χ3v) is 2.12. The van der Waals surface area contributed by atoms with Crippen molar-refractivity contribution in [3.8, 4) is 0 Å². The summed E-state index contributed by atoms with van der Waals surface area (Å²) < 4.78 is 36.8. The fourth-order valence-electron chi connectivity index (χ4n) is 1.23. The van der Waals surface area contributed by atoms with Crippen LogP contribution < -0.4 is 0 Å². The van der Waals surface area contributed by atoms with E-state index in [0.717, 1.165) is 0 Å². The standard InChI is InChI=1S/C10H13F3/c1-9(2)6-3-4-8(5-7-9)10(11,12)13/h3-5,7-8H,6H2,1-2H3. The van der Waals surface area contributed by atoms with E-state index in [-0.39, 0.29) is 5.41 Å². The molecule has 0 aromatic heterocycles. The van der Waals surface area contributed by atoms with Gasteiger partial charge >= 0.3 is 6.18 Å². The minimum atomic E-state index is -4.15. The summed E-state index contributed by atoms with van der Waals surface area (Å²) in [7, 11) is 0. The topological polar surface area (TPSA) is 0 Å². The molecule has 0 bridgehead atoms. The first-order chi connectivity index (χ1) is 5.81. The zero-order chi connectivity index (χ0) is 10.1. The molecule has 1 rings (SSSR count). The van der Waals surface area contributed by atoms with Crippen LogP contribution in [0.4, 0.5) is 13.2 Å². The van der Waals surface area contributed by atoms with Crippen LogP contribution in [0.1, 0.15) is 20.3 Å². The van der Waals surface area contributed by atoms with Crippen LogP contribution in [0.5, 0.6) is 0 Å². The highest BCUT2D eigenvalue weighted by Gasteiger charge is 2.36. The van der Waals surface area contributed by atoms with Crippen molar-refractivity contribution in [1.29, 1.82) is 0 Å². The molecular formula is C10H13F3. The second kappa shape index (κ2) is 3.20. The SMILES string of the molecule is CC1(C)C=CC(C(F)(F)F)C=CC1.